The van der Waals surface area contributed by atoms with E-state index in [1.54, 1.807) is 5.92 Å². The first-order valence-electron chi connectivity index (χ1n) is 5.86. The zero-order chi connectivity index (χ0) is 11.6. The highest BCUT2D eigenvalue weighted by Gasteiger charge is 2.26. The van der Waals surface area contributed by atoms with Crippen LogP contribution in [0, 0.1) is 22.7 Å². The van der Waals surface area contributed by atoms with E-state index in [2.05, 4.69) is 55.4 Å². The van der Waals surface area contributed by atoms with E-state index in [0.717, 1.165) is 5.92 Å². The Bertz CT molecular complexity index is 136. The van der Waals surface area contributed by atoms with E-state index >= 15 is 0 Å². The quantitative estimate of drug-likeness (QED) is 0.591. The van der Waals surface area contributed by atoms with Crippen LogP contribution in [0.3, 0.4) is 0 Å². The average molecular weight is 197 g/mol. The maximum atomic E-state index is 2.33. The van der Waals surface area contributed by atoms with Gasteiger partial charge in [0.05, 0.1) is 0 Å². The van der Waals surface area contributed by atoms with Crippen molar-refractivity contribution in [2.45, 2.75) is 68.2 Å². The fourth-order valence-electron chi connectivity index (χ4n) is 1.83. The summed E-state index contributed by atoms with van der Waals surface area (Å²) in [4.78, 5) is 0. The van der Waals surface area contributed by atoms with E-state index in [0.29, 0.717) is 10.8 Å². The lowest BCUT2D eigenvalue weighted by molar-refractivity contribution is 0.294. The highest BCUT2D eigenvalue weighted by Crippen LogP contribution is 2.38. The van der Waals surface area contributed by atoms with Crippen LogP contribution in [0.5, 0.6) is 0 Å². The summed E-state index contributed by atoms with van der Waals surface area (Å²) in [7, 11) is 0. The van der Waals surface area contributed by atoms with Gasteiger partial charge in [0.25, 0.3) is 0 Å². The van der Waals surface area contributed by atoms with Crippen LogP contribution in [-0.4, -0.2) is 0 Å². The highest BCUT2D eigenvalue weighted by atomic mass is 14.3. The number of rotatable bonds is 3. The Morgan fingerprint density at radius 2 is 1.07 bits per heavy atom. The second kappa shape index (κ2) is 4.68. The summed E-state index contributed by atoms with van der Waals surface area (Å²) in [6, 6.07) is 0. The number of hydrogen-bond acceptors (Lipinski definition) is 0. The van der Waals surface area contributed by atoms with Crippen molar-refractivity contribution in [3.05, 3.63) is 5.92 Å². The van der Waals surface area contributed by atoms with Crippen LogP contribution in [0.2, 0.25) is 0 Å². The van der Waals surface area contributed by atoms with Gasteiger partial charge >= 0.3 is 0 Å². The molecule has 0 saturated carbocycles. The third-order valence-electron chi connectivity index (χ3n) is 2.33. The van der Waals surface area contributed by atoms with Crippen molar-refractivity contribution in [1.82, 2.24) is 0 Å². The van der Waals surface area contributed by atoms with Gasteiger partial charge in [0, 0.05) is 0 Å². The first kappa shape index (κ1) is 14.0. The standard InChI is InChI=1S/C14H29/c1-11(2)12(9-13(3,4)5)10-14(6,7)8/h11H,9-10H2,1-8H3. The van der Waals surface area contributed by atoms with Gasteiger partial charge in [-0.25, -0.2) is 0 Å². The molecule has 0 aromatic heterocycles. The van der Waals surface area contributed by atoms with Crippen molar-refractivity contribution in [3.8, 4) is 0 Å². The van der Waals surface area contributed by atoms with Gasteiger partial charge in [0.2, 0.25) is 0 Å². The Hall–Kier alpha value is 0. The zero-order valence-corrected chi connectivity index (χ0v) is 11.5. The smallest absolute Gasteiger partial charge is 0.0205 e. The van der Waals surface area contributed by atoms with Gasteiger partial charge in [-0.1, -0.05) is 55.4 Å². The Labute approximate surface area is 91.5 Å². The van der Waals surface area contributed by atoms with Crippen molar-refractivity contribution >= 4 is 0 Å². The minimum atomic E-state index is 0.435. The molecular formula is C14H29. The van der Waals surface area contributed by atoms with Crippen LogP contribution in [0.15, 0.2) is 0 Å². The Morgan fingerprint density at radius 3 is 1.21 bits per heavy atom. The Kier molecular flexibility index (Phi) is 4.68. The third kappa shape index (κ3) is 7.41. The third-order valence-corrected chi connectivity index (χ3v) is 2.33. The predicted molar refractivity (Wildman–Crippen MR) is 66.2 cm³/mol. The molecule has 0 atom stereocenters. The van der Waals surface area contributed by atoms with Crippen LogP contribution < -0.4 is 0 Å². The summed E-state index contributed by atoms with van der Waals surface area (Å²) in [5.41, 5.74) is 0.871. The molecule has 85 valence electrons. The van der Waals surface area contributed by atoms with Crippen molar-refractivity contribution in [2.24, 2.45) is 16.7 Å². The van der Waals surface area contributed by atoms with E-state index in [9.17, 15) is 0 Å². The Morgan fingerprint density at radius 1 is 0.786 bits per heavy atom. The monoisotopic (exact) mass is 197 g/mol. The molecule has 0 heterocycles. The van der Waals surface area contributed by atoms with Gasteiger partial charge in [-0.3, -0.25) is 0 Å². The van der Waals surface area contributed by atoms with Crippen molar-refractivity contribution < 1.29 is 0 Å². The SMILES string of the molecule is CC(C)[C](CC(C)(C)C)CC(C)(C)C. The molecule has 0 spiro atoms. The van der Waals surface area contributed by atoms with Gasteiger partial charge in [-0.2, -0.15) is 0 Å². The van der Waals surface area contributed by atoms with E-state index in [1.807, 2.05) is 0 Å². The van der Waals surface area contributed by atoms with Crippen LogP contribution in [0.1, 0.15) is 68.2 Å². The molecular weight excluding hydrogens is 168 g/mol. The fourth-order valence-corrected chi connectivity index (χ4v) is 1.83. The topological polar surface area (TPSA) is 0 Å². The first-order chi connectivity index (χ1) is 6.01. The molecule has 0 saturated heterocycles. The summed E-state index contributed by atoms with van der Waals surface area (Å²) < 4.78 is 0. The lowest BCUT2D eigenvalue weighted by Crippen LogP contribution is -2.21. The molecule has 14 heavy (non-hydrogen) atoms. The summed E-state index contributed by atoms with van der Waals surface area (Å²) in [6.45, 7) is 18.6. The van der Waals surface area contributed by atoms with E-state index in [4.69, 9.17) is 0 Å². The average Bonchev–Trinajstić information content (AvgIpc) is 1.78. The van der Waals surface area contributed by atoms with Crippen LogP contribution in [0.25, 0.3) is 0 Å². The molecule has 0 rings (SSSR count). The van der Waals surface area contributed by atoms with Gasteiger partial charge in [0.1, 0.15) is 0 Å². The lowest BCUT2D eigenvalue weighted by atomic mass is 9.72. The van der Waals surface area contributed by atoms with Crippen LogP contribution in [-0.2, 0) is 0 Å². The molecule has 0 fully saturated rings. The molecule has 0 nitrogen and oxygen atoms in total. The molecule has 0 N–H and O–H groups in total. The summed E-state index contributed by atoms with van der Waals surface area (Å²) in [6.07, 6.45) is 2.53. The fraction of sp³-hybridized carbons (Fsp3) is 0.929. The molecule has 0 bridgehead atoms. The Balaban J connectivity index is 4.32. The molecule has 0 aliphatic heterocycles. The molecule has 1 radical (unpaired) electrons. The molecule has 0 heteroatoms. The summed E-state index contributed by atoms with van der Waals surface area (Å²) >= 11 is 0. The van der Waals surface area contributed by atoms with E-state index in [1.165, 1.54) is 12.8 Å². The molecule has 0 amide bonds. The first-order valence-corrected chi connectivity index (χ1v) is 5.86. The zero-order valence-electron chi connectivity index (χ0n) is 11.5. The second-order valence-electron chi connectivity index (χ2n) is 7.29. The molecule has 0 aromatic rings. The van der Waals surface area contributed by atoms with Gasteiger partial charge in [-0.05, 0) is 35.5 Å². The predicted octanol–water partition coefficient (Wildman–Crippen LogP) is 5.09. The maximum absolute atomic E-state index is 2.33. The molecule has 0 aromatic carbocycles. The lowest BCUT2D eigenvalue weighted by Gasteiger charge is -2.33. The van der Waals surface area contributed by atoms with Crippen LogP contribution >= 0.6 is 0 Å². The minimum absolute atomic E-state index is 0.435. The minimum Gasteiger partial charge on any atom is -0.0622 e. The summed E-state index contributed by atoms with van der Waals surface area (Å²) in [5.74, 6) is 2.46. The molecule has 0 unspecified atom stereocenters. The summed E-state index contributed by atoms with van der Waals surface area (Å²) in [5, 5.41) is 0. The van der Waals surface area contributed by atoms with Crippen molar-refractivity contribution in [2.75, 3.05) is 0 Å². The largest absolute Gasteiger partial charge is 0.0622 e. The van der Waals surface area contributed by atoms with Gasteiger partial charge in [-0.15, -0.1) is 0 Å². The number of hydrogen-bond donors (Lipinski definition) is 0. The van der Waals surface area contributed by atoms with E-state index < -0.39 is 0 Å². The highest BCUT2D eigenvalue weighted by molar-refractivity contribution is 4.98. The van der Waals surface area contributed by atoms with Gasteiger partial charge < -0.3 is 0 Å². The van der Waals surface area contributed by atoms with Crippen LogP contribution in [0.4, 0.5) is 0 Å². The second-order valence-corrected chi connectivity index (χ2v) is 7.29. The van der Waals surface area contributed by atoms with E-state index in [-0.39, 0.29) is 0 Å². The van der Waals surface area contributed by atoms with Crippen molar-refractivity contribution in [1.29, 1.82) is 0 Å². The van der Waals surface area contributed by atoms with Crippen molar-refractivity contribution in [3.63, 3.8) is 0 Å². The molecule has 0 aliphatic rings. The normalized spacial score (nSPS) is 14.1. The maximum Gasteiger partial charge on any atom is -0.0205 e. The molecule has 0 aliphatic carbocycles. The van der Waals surface area contributed by atoms with Gasteiger partial charge in [0.15, 0.2) is 0 Å².